The molecule has 15 heavy (non-hydrogen) atoms. The van der Waals surface area contributed by atoms with Crippen molar-refractivity contribution in [1.29, 1.82) is 0 Å². The zero-order valence-electron chi connectivity index (χ0n) is 9.61. The van der Waals surface area contributed by atoms with Crippen LogP contribution >= 0.6 is 0 Å². The highest BCUT2D eigenvalue weighted by Gasteiger charge is 2.28. The van der Waals surface area contributed by atoms with E-state index in [4.69, 9.17) is 5.73 Å². The van der Waals surface area contributed by atoms with Crippen molar-refractivity contribution in [2.75, 3.05) is 18.8 Å². The van der Waals surface area contributed by atoms with Crippen molar-refractivity contribution in [3.8, 4) is 0 Å². The van der Waals surface area contributed by atoms with E-state index in [1.807, 2.05) is 12.1 Å². The highest BCUT2D eigenvalue weighted by molar-refractivity contribution is 5.39. The van der Waals surface area contributed by atoms with Gasteiger partial charge in [0.1, 0.15) is 0 Å². The van der Waals surface area contributed by atoms with Crippen LogP contribution in [0.2, 0.25) is 0 Å². The lowest BCUT2D eigenvalue weighted by atomic mass is 9.88. The fraction of sp³-hybridized carbons (Fsp3) is 0.538. The molecule has 1 aromatic rings. The van der Waals surface area contributed by atoms with Crippen LogP contribution in [0.15, 0.2) is 24.3 Å². The van der Waals surface area contributed by atoms with E-state index in [-0.39, 0.29) is 0 Å². The number of nitrogens with zero attached hydrogens (tertiary/aromatic N) is 1. The number of benzene rings is 1. The van der Waals surface area contributed by atoms with Crippen LogP contribution in [0.5, 0.6) is 0 Å². The van der Waals surface area contributed by atoms with Crippen LogP contribution in [0.1, 0.15) is 19.4 Å². The number of nitrogens with two attached hydrogens (primary N) is 1. The quantitative estimate of drug-likeness (QED) is 0.766. The molecule has 2 rings (SSSR count). The number of anilines is 1. The summed E-state index contributed by atoms with van der Waals surface area (Å²) in [6.07, 6.45) is 0. The first-order valence-corrected chi connectivity index (χ1v) is 5.72. The van der Waals surface area contributed by atoms with Crippen molar-refractivity contribution >= 4 is 5.69 Å². The lowest BCUT2D eigenvalue weighted by Crippen LogP contribution is -2.48. The first-order valence-electron chi connectivity index (χ1n) is 5.72. The van der Waals surface area contributed by atoms with Crippen LogP contribution in [0.25, 0.3) is 0 Å². The summed E-state index contributed by atoms with van der Waals surface area (Å²) in [4.78, 5) is 2.50. The highest BCUT2D eigenvalue weighted by Crippen LogP contribution is 2.24. The molecule has 2 nitrogen and oxygen atoms in total. The molecule has 82 valence electrons. The average Bonchev–Trinajstić information content (AvgIpc) is 2.13. The van der Waals surface area contributed by atoms with Gasteiger partial charge < -0.3 is 5.73 Å². The van der Waals surface area contributed by atoms with Gasteiger partial charge in [0.2, 0.25) is 0 Å². The Morgan fingerprint density at radius 3 is 2.40 bits per heavy atom. The van der Waals surface area contributed by atoms with E-state index in [0.717, 1.165) is 24.1 Å². The summed E-state index contributed by atoms with van der Waals surface area (Å²) in [7, 11) is 0. The van der Waals surface area contributed by atoms with Gasteiger partial charge in [0.05, 0.1) is 0 Å². The van der Waals surface area contributed by atoms with Crippen LogP contribution < -0.4 is 5.73 Å². The number of hydrogen-bond acceptors (Lipinski definition) is 2. The predicted octanol–water partition coefficient (Wildman–Crippen LogP) is 2.36. The predicted molar refractivity (Wildman–Crippen MR) is 64.5 cm³/mol. The molecule has 1 heterocycles. The maximum Gasteiger partial charge on any atom is 0.0314 e. The second-order valence-electron chi connectivity index (χ2n) is 4.94. The standard InChI is InChI=1S/C13H20N2/c1-10(2)12-8-15(9-12)7-11-3-5-13(14)6-4-11/h3-6,10,12H,7-9,14H2,1-2H3. The molecule has 2 heteroatoms. The Morgan fingerprint density at radius 2 is 1.87 bits per heavy atom. The number of hydrogen-bond donors (Lipinski definition) is 1. The Hall–Kier alpha value is -1.02. The molecule has 0 unspecified atom stereocenters. The minimum Gasteiger partial charge on any atom is -0.399 e. The number of likely N-dealkylation sites (tertiary alicyclic amines) is 1. The van der Waals surface area contributed by atoms with Crippen molar-refractivity contribution in [3.63, 3.8) is 0 Å². The van der Waals surface area contributed by atoms with Crippen molar-refractivity contribution in [2.45, 2.75) is 20.4 Å². The molecule has 0 amide bonds. The lowest BCUT2D eigenvalue weighted by molar-refractivity contribution is 0.0614. The summed E-state index contributed by atoms with van der Waals surface area (Å²) in [5.41, 5.74) is 7.87. The van der Waals surface area contributed by atoms with Gasteiger partial charge in [-0.2, -0.15) is 0 Å². The molecular formula is C13H20N2. The Labute approximate surface area is 92.1 Å². The van der Waals surface area contributed by atoms with Gasteiger partial charge in [0, 0.05) is 25.3 Å². The van der Waals surface area contributed by atoms with Gasteiger partial charge in [-0.15, -0.1) is 0 Å². The summed E-state index contributed by atoms with van der Waals surface area (Å²) < 4.78 is 0. The summed E-state index contributed by atoms with van der Waals surface area (Å²) in [6, 6.07) is 8.21. The van der Waals surface area contributed by atoms with E-state index in [2.05, 4.69) is 30.9 Å². The fourth-order valence-electron chi connectivity index (χ4n) is 2.04. The SMILES string of the molecule is CC(C)C1CN(Cc2ccc(N)cc2)C1. The van der Waals surface area contributed by atoms with E-state index in [1.54, 1.807) is 0 Å². The molecule has 1 aromatic carbocycles. The van der Waals surface area contributed by atoms with Crippen molar-refractivity contribution in [3.05, 3.63) is 29.8 Å². The Balaban J connectivity index is 1.82. The normalized spacial score (nSPS) is 18.1. The van der Waals surface area contributed by atoms with E-state index < -0.39 is 0 Å². The fourth-order valence-corrected chi connectivity index (χ4v) is 2.04. The minimum atomic E-state index is 0.827. The summed E-state index contributed by atoms with van der Waals surface area (Å²) >= 11 is 0. The molecule has 1 aliphatic rings. The molecule has 1 saturated heterocycles. The molecule has 0 spiro atoms. The van der Waals surface area contributed by atoms with Gasteiger partial charge in [-0.25, -0.2) is 0 Å². The highest BCUT2D eigenvalue weighted by atomic mass is 15.2. The second kappa shape index (κ2) is 4.23. The Kier molecular flexibility index (Phi) is 2.96. The summed E-state index contributed by atoms with van der Waals surface area (Å²) in [5.74, 6) is 1.73. The van der Waals surface area contributed by atoms with Crippen LogP contribution in [0.3, 0.4) is 0 Å². The molecule has 0 saturated carbocycles. The third-order valence-electron chi connectivity index (χ3n) is 3.31. The molecule has 1 fully saturated rings. The molecule has 0 radical (unpaired) electrons. The van der Waals surface area contributed by atoms with Crippen LogP contribution in [-0.4, -0.2) is 18.0 Å². The van der Waals surface area contributed by atoms with E-state index in [1.165, 1.54) is 18.7 Å². The maximum absolute atomic E-state index is 5.65. The van der Waals surface area contributed by atoms with E-state index >= 15 is 0 Å². The first kappa shape index (κ1) is 10.5. The van der Waals surface area contributed by atoms with Crippen LogP contribution in [0.4, 0.5) is 5.69 Å². The van der Waals surface area contributed by atoms with Crippen molar-refractivity contribution in [1.82, 2.24) is 4.90 Å². The van der Waals surface area contributed by atoms with Crippen LogP contribution in [0, 0.1) is 11.8 Å². The maximum atomic E-state index is 5.65. The zero-order chi connectivity index (χ0) is 10.8. The minimum absolute atomic E-state index is 0.827. The van der Waals surface area contributed by atoms with Gasteiger partial charge in [-0.3, -0.25) is 4.90 Å². The van der Waals surface area contributed by atoms with Gasteiger partial charge in [-0.1, -0.05) is 26.0 Å². The number of nitrogen functional groups attached to an aromatic ring is 1. The van der Waals surface area contributed by atoms with Gasteiger partial charge in [-0.05, 0) is 29.5 Å². The van der Waals surface area contributed by atoms with E-state index in [9.17, 15) is 0 Å². The van der Waals surface area contributed by atoms with Crippen LogP contribution in [-0.2, 0) is 6.54 Å². The van der Waals surface area contributed by atoms with Gasteiger partial charge in [0.25, 0.3) is 0 Å². The first-order chi connectivity index (χ1) is 7.15. The molecular weight excluding hydrogens is 184 g/mol. The smallest absolute Gasteiger partial charge is 0.0314 e. The van der Waals surface area contributed by atoms with Crippen molar-refractivity contribution in [2.24, 2.45) is 11.8 Å². The monoisotopic (exact) mass is 204 g/mol. The molecule has 0 aromatic heterocycles. The third kappa shape index (κ3) is 2.51. The van der Waals surface area contributed by atoms with E-state index in [0.29, 0.717) is 0 Å². The molecule has 2 N–H and O–H groups in total. The zero-order valence-corrected chi connectivity index (χ0v) is 9.61. The van der Waals surface area contributed by atoms with Crippen molar-refractivity contribution < 1.29 is 0 Å². The molecule has 0 bridgehead atoms. The lowest BCUT2D eigenvalue weighted by Gasteiger charge is -2.41. The third-order valence-corrected chi connectivity index (χ3v) is 3.31. The van der Waals surface area contributed by atoms with Gasteiger partial charge >= 0.3 is 0 Å². The summed E-state index contributed by atoms with van der Waals surface area (Å²) in [5, 5.41) is 0. The largest absolute Gasteiger partial charge is 0.399 e. The molecule has 0 atom stereocenters. The number of rotatable bonds is 3. The molecule has 1 aliphatic heterocycles. The Morgan fingerprint density at radius 1 is 1.27 bits per heavy atom. The second-order valence-corrected chi connectivity index (χ2v) is 4.94. The topological polar surface area (TPSA) is 29.3 Å². The molecule has 0 aliphatic carbocycles. The van der Waals surface area contributed by atoms with Gasteiger partial charge in [0.15, 0.2) is 0 Å². The Bertz CT molecular complexity index is 310. The summed E-state index contributed by atoms with van der Waals surface area (Å²) in [6.45, 7) is 8.20. The average molecular weight is 204 g/mol.